The average Bonchev–Trinajstić information content (AvgIpc) is 2.96. The van der Waals surface area contributed by atoms with Crippen LogP contribution < -0.4 is 5.73 Å². The second-order valence-corrected chi connectivity index (χ2v) is 5.16. The summed E-state index contributed by atoms with van der Waals surface area (Å²) in [5, 5.41) is 8.76. The van der Waals surface area contributed by atoms with Crippen LogP contribution in [0.15, 0.2) is 35.2 Å². The molecule has 0 aliphatic carbocycles. The molecule has 3 aromatic rings. The molecule has 0 aliphatic heterocycles. The maximum Gasteiger partial charge on any atom is 0.131 e. The van der Waals surface area contributed by atoms with Gasteiger partial charge in [-0.2, -0.15) is 16.4 Å². The Labute approximate surface area is 115 Å². The molecule has 96 valence electrons. The van der Waals surface area contributed by atoms with E-state index in [0.29, 0.717) is 5.82 Å². The van der Waals surface area contributed by atoms with Crippen molar-refractivity contribution in [3.63, 3.8) is 0 Å². The minimum absolute atomic E-state index is 0.638. The SMILES string of the molecule is Cc1cscc1-c1nn(C)c(N)c1-c1ccccn1. The number of aryl methyl sites for hydroxylation is 2. The summed E-state index contributed by atoms with van der Waals surface area (Å²) < 4.78 is 1.70. The molecule has 0 aromatic carbocycles. The van der Waals surface area contributed by atoms with Gasteiger partial charge >= 0.3 is 0 Å². The zero-order valence-corrected chi connectivity index (χ0v) is 11.6. The number of hydrogen-bond donors (Lipinski definition) is 1. The highest BCUT2D eigenvalue weighted by Gasteiger charge is 2.19. The van der Waals surface area contributed by atoms with Crippen LogP contribution in [0.3, 0.4) is 0 Å². The van der Waals surface area contributed by atoms with Crippen LogP contribution in [0.5, 0.6) is 0 Å². The van der Waals surface area contributed by atoms with Gasteiger partial charge in [0, 0.05) is 24.2 Å². The van der Waals surface area contributed by atoms with Gasteiger partial charge < -0.3 is 5.73 Å². The smallest absolute Gasteiger partial charge is 0.131 e. The summed E-state index contributed by atoms with van der Waals surface area (Å²) in [5.74, 6) is 0.638. The Morgan fingerprint density at radius 1 is 1.26 bits per heavy atom. The van der Waals surface area contributed by atoms with Crippen molar-refractivity contribution in [2.24, 2.45) is 7.05 Å². The van der Waals surface area contributed by atoms with Crippen LogP contribution in [0, 0.1) is 6.92 Å². The van der Waals surface area contributed by atoms with Crippen molar-refractivity contribution in [1.29, 1.82) is 0 Å². The molecule has 0 spiro atoms. The number of anilines is 1. The number of nitrogens with zero attached hydrogens (tertiary/aromatic N) is 3. The van der Waals surface area contributed by atoms with Crippen molar-refractivity contribution < 1.29 is 0 Å². The van der Waals surface area contributed by atoms with E-state index in [-0.39, 0.29) is 0 Å². The number of aromatic nitrogens is 3. The first-order valence-electron chi connectivity index (χ1n) is 5.95. The molecule has 0 radical (unpaired) electrons. The van der Waals surface area contributed by atoms with E-state index >= 15 is 0 Å². The number of thiophene rings is 1. The quantitative estimate of drug-likeness (QED) is 0.778. The lowest BCUT2D eigenvalue weighted by atomic mass is 10.0. The lowest BCUT2D eigenvalue weighted by Crippen LogP contribution is -1.98. The Bertz CT molecular complexity index is 712. The number of nitrogen functional groups attached to an aromatic ring is 1. The fraction of sp³-hybridized carbons (Fsp3) is 0.143. The highest BCUT2D eigenvalue weighted by atomic mass is 32.1. The van der Waals surface area contributed by atoms with Gasteiger partial charge in [0.1, 0.15) is 11.5 Å². The molecular weight excluding hydrogens is 256 g/mol. The number of nitrogens with two attached hydrogens (primary N) is 1. The van der Waals surface area contributed by atoms with Gasteiger partial charge in [0.2, 0.25) is 0 Å². The Morgan fingerprint density at radius 3 is 2.74 bits per heavy atom. The van der Waals surface area contributed by atoms with Crippen LogP contribution in [0.1, 0.15) is 5.56 Å². The third kappa shape index (κ3) is 1.92. The largest absolute Gasteiger partial charge is 0.383 e. The molecule has 0 saturated heterocycles. The average molecular weight is 270 g/mol. The monoisotopic (exact) mass is 270 g/mol. The van der Waals surface area contributed by atoms with Crippen LogP contribution >= 0.6 is 11.3 Å². The van der Waals surface area contributed by atoms with Crippen LogP contribution in [0.25, 0.3) is 22.5 Å². The van der Waals surface area contributed by atoms with Crippen LogP contribution in [-0.4, -0.2) is 14.8 Å². The molecule has 3 rings (SSSR count). The van der Waals surface area contributed by atoms with Crippen molar-refractivity contribution in [3.05, 3.63) is 40.7 Å². The lowest BCUT2D eigenvalue weighted by molar-refractivity contribution is 0.782. The predicted octanol–water partition coefficient (Wildman–Crippen LogP) is 3.10. The Hall–Kier alpha value is -2.14. The number of rotatable bonds is 2. The highest BCUT2D eigenvalue weighted by Crippen LogP contribution is 2.37. The predicted molar refractivity (Wildman–Crippen MR) is 78.9 cm³/mol. The summed E-state index contributed by atoms with van der Waals surface area (Å²) in [6.07, 6.45) is 1.77. The van der Waals surface area contributed by atoms with Crippen molar-refractivity contribution >= 4 is 17.2 Å². The molecule has 0 atom stereocenters. The topological polar surface area (TPSA) is 56.7 Å². The maximum absolute atomic E-state index is 6.16. The summed E-state index contributed by atoms with van der Waals surface area (Å²) in [4.78, 5) is 4.39. The molecule has 2 N–H and O–H groups in total. The Balaban J connectivity index is 2.28. The Kier molecular flexibility index (Phi) is 2.83. The maximum atomic E-state index is 6.16. The molecule has 0 bridgehead atoms. The Morgan fingerprint density at radius 2 is 2.11 bits per heavy atom. The molecule has 0 aliphatic rings. The normalized spacial score (nSPS) is 10.8. The van der Waals surface area contributed by atoms with Gasteiger partial charge in [0.25, 0.3) is 0 Å². The van der Waals surface area contributed by atoms with Gasteiger partial charge in [-0.3, -0.25) is 9.67 Å². The van der Waals surface area contributed by atoms with Gasteiger partial charge in [0.15, 0.2) is 0 Å². The van der Waals surface area contributed by atoms with Crippen molar-refractivity contribution in [3.8, 4) is 22.5 Å². The molecule has 3 heterocycles. The summed E-state index contributed by atoms with van der Waals surface area (Å²) in [7, 11) is 1.85. The fourth-order valence-electron chi connectivity index (χ4n) is 2.09. The van der Waals surface area contributed by atoms with Crippen molar-refractivity contribution in [2.45, 2.75) is 6.92 Å². The summed E-state index contributed by atoms with van der Waals surface area (Å²) in [5.41, 5.74) is 11.1. The van der Waals surface area contributed by atoms with Gasteiger partial charge in [-0.25, -0.2) is 0 Å². The van der Waals surface area contributed by atoms with Crippen LogP contribution in [-0.2, 0) is 7.05 Å². The molecule has 5 heteroatoms. The van der Waals surface area contributed by atoms with Gasteiger partial charge in [-0.05, 0) is 30.0 Å². The molecule has 19 heavy (non-hydrogen) atoms. The van der Waals surface area contributed by atoms with E-state index in [2.05, 4.69) is 27.8 Å². The number of pyridine rings is 1. The lowest BCUT2D eigenvalue weighted by Gasteiger charge is -2.02. The van der Waals surface area contributed by atoms with Gasteiger partial charge in [0.05, 0.1) is 11.3 Å². The van der Waals surface area contributed by atoms with Crippen molar-refractivity contribution in [1.82, 2.24) is 14.8 Å². The van der Waals surface area contributed by atoms with Crippen LogP contribution in [0.4, 0.5) is 5.82 Å². The zero-order chi connectivity index (χ0) is 13.4. The highest BCUT2D eigenvalue weighted by molar-refractivity contribution is 7.08. The third-order valence-electron chi connectivity index (χ3n) is 3.12. The molecule has 0 fully saturated rings. The second kappa shape index (κ2) is 4.51. The van der Waals surface area contributed by atoms with E-state index in [1.807, 2.05) is 25.2 Å². The standard InChI is InChI=1S/C14H14N4S/c1-9-7-19-8-10(9)13-12(14(15)18(2)17-13)11-5-3-4-6-16-11/h3-8H,15H2,1-2H3. The minimum atomic E-state index is 0.638. The molecule has 4 nitrogen and oxygen atoms in total. The van der Waals surface area contributed by atoms with Crippen molar-refractivity contribution in [2.75, 3.05) is 5.73 Å². The fourth-order valence-corrected chi connectivity index (χ4v) is 2.92. The van der Waals surface area contributed by atoms with Gasteiger partial charge in [-0.15, -0.1) is 0 Å². The number of hydrogen-bond acceptors (Lipinski definition) is 4. The first kappa shape index (κ1) is 11.9. The van der Waals surface area contributed by atoms with Gasteiger partial charge in [-0.1, -0.05) is 6.07 Å². The molecule has 0 unspecified atom stereocenters. The summed E-state index contributed by atoms with van der Waals surface area (Å²) in [6.45, 7) is 2.08. The third-order valence-corrected chi connectivity index (χ3v) is 3.98. The minimum Gasteiger partial charge on any atom is -0.383 e. The molecular formula is C14H14N4S. The second-order valence-electron chi connectivity index (χ2n) is 4.42. The van der Waals surface area contributed by atoms with E-state index in [1.54, 1.807) is 22.2 Å². The van der Waals surface area contributed by atoms with E-state index in [4.69, 9.17) is 5.73 Å². The van der Waals surface area contributed by atoms with E-state index in [0.717, 1.165) is 22.5 Å². The molecule has 3 aromatic heterocycles. The van der Waals surface area contributed by atoms with E-state index in [9.17, 15) is 0 Å². The first-order chi connectivity index (χ1) is 9.18. The van der Waals surface area contributed by atoms with E-state index in [1.165, 1.54) is 5.56 Å². The molecule has 0 amide bonds. The van der Waals surface area contributed by atoms with E-state index < -0.39 is 0 Å². The van der Waals surface area contributed by atoms with Crippen LogP contribution in [0.2, 0.25) is 0 Å². The summed E-state index contributed by atoms with van der Waals surface area (Å²) >= 11 is 1.67. The molecule has 0 saturated carbocycles. The summed E-state index contributed by atoms with van der Waals surface area (Å²) in [6, 6.07) is 5.81. The first-order valence-corrected chi connectivity index (χ1v) is 6.90. The zero-order valence-electron chi connectivity index (χ0n) is 10.8.